The van der Waals surface area contributed by atoms with Gasteiger partial charge in [-0.1, -0.05) is 19.9 Å². The summed E-state index contributed by atoms with van der Waals surface area (Å²) in [5.74, 6) is 1.35. The molecule has 2 N–H and O–H groups in total. The molecule has 0 unspecified atom stereocenters. The molecule has 2 aliphatic rings. The number of benzene rings is 1. The van der Waals surface area contributed by atoms with Crippen LogP contribution in [0.2, 0.25) is 0 Å². The molecule has 102 valence electrons. The van der Waals surface area contributed by atoms with Crippen LogP contribution in [0.25, 0.3) is 0 Å². The monoisotopic (exact) mass is 261 g/mol. The second-order valence-corrected chi connectivity index (χ2v) is 5.39. The van der Waals surface area contributed by atoms with Crippen molar-refractivity contribution in [1.82, 2.24) is 0 Å². The van der Waals surface area contributed by atoms with Gasteiger partial charge in [-0.25, -0.2) is 0 Å². The lowest BCUT2D eigenvalue weighted by molar-refractivity contribution is 0.139. The van der Waals surface area contributed by atoms with Crippen LogP contribution in [-0.2, 0) is 9.31 Å². The summed E-state index contributed by atoms with van der Waals surface area (Å²) >= 11 is 0. The van der Waals surface area contributed by atoms with Crippen molar-refractivity contribution in [2.75, 3.05) is 19.8 Å². The molecular formula is C14H20BNO3. The van der Waals surface area contributed by atoms with E-state index >= 15 is 0 Å². The normalized spacial score (nSPS) is 21.3. The minimum Gasteiger partial charge on any atom is -0.492 e. The summed E-state index contributed by atoms with van der Waals surface area (Å²) in [6.45, 7) is 6.15. The lowest BCUT2D eigenvalue weighted by Crippen LogP contribution is -2.31. The van der Waals surface area contributed by atoms with Crippen molar-refractivity contribution >= 4 is 12.6 Å². The Balaban J connectivity index is 2.13. The van der Waals surface area contributed by atoms with E-state index in [2.05, 4.69) is 19.9 Å². The zero-order valence-corrected chi connectivity index (χ0v) is 11.5. The average molecular weight is 261 g/mol. The molecule has 0 saturated carbocycles. The maximum Gasteiger partial charge on any atom is 0.498 e. The molecule has 2 aliphatic heterocycles. The molecular weight excluding hydrogens is 241 g/mol. The minimum atomic E-state index is -0.289. The first-order chi connectivity index (χ1) is 9.22. The lowest BCUT2D eigenvalue weighted by Gasteiger charge is -2.19. The van der Waals surface area contributed by atoms with Gasteiger partial charge in [-0.3, -0.25) is 0 Å². The van der Waals surface area contributed by atoms with Crippen LogP contribution >= 0.6 is 0 Å². The average Bonchev–Trinajstić information content (AvgIpc) is 2.62. The fourth-order valence-electron chi connectivity index (χ4n) is 2.94. The zero-order valence-electron chi connectivity index (χ0n) is 11.5. The highest BCUT2D eigenvalue weighted by Gasteiger charge is 2.42. The Hall–Kier alpha value is -1.04. The number of nitrogens with two attached hydrogens (primary N) is 1. The van der Waals surface area contributed by atoms with Gasteiger partial charge in [0.05, 0.1) is 12.7 Å². The third-order valence-electron chi connectivity index (χ3n) is 3.79. The van der Waals surface area contributed by atoms with Gasteiger partial charge in [-0.2, -0.15) is 0 Å². The Morgan fingerprint density at radius 2 is 2.21 bits per heavy atom. The van der Waals surface area contributed by atoms with E-state index < -0.39 is 0 Å². The van der Waals surface area contributed by atoms with Crippen LogP contribution < -0.4 is 15.9 Å². The van der Waals surface area contributed by atoms with Crippen LogP contribution in [0.4, 0.5) is 0 Å². The molecule has 5 heteroatoms. The van der Waals surface area contributed by atoms with Crippen molar-refractivity contribution < 1.29 is 14.0 Å². The fraction of sp³-hybridized carbons (Fsp3) is 0.571. The van der Waals surface area contributed by atoms with Crippen molar-refractivity contribution in [1.29, 1.82) is 0 Å². The van der Waals surface area contributed by atoms with Gasteiger partial charge in [-0.05, 0) is 36.1 Å². The van der Waals surface area contributed by atoms with Crippen LogP contribution in [0.15, 0.2) is 12.1 Å². The molecule has 4 nitrogen and oxygen atoms in total. The first kappa shape index (κ1) is 13.0. The SMILES string of the molecule is CC(C)c1ccc2c3c1[C@@H](CCN)OB3OCCO2. The molecule has 0 aliphatic carbocycles. The summed E-state index contributed by atoms with van der Waals surface area (Å²) in [5, 5.41) is 0. The van der Waals surface area contributed by atoms with E-state index in [4.69, 9.17) is 19.8 Å². The van der Waals surface area contributed by atoms with Gasteiger partial charge in [0, 0.05) is 5.46 Å². The molecule has 2 heterocycles. The molecule has 0 fully saturated rings. The maximum atomic E-state index is 6.04. The predicted octanol–water partition coefficient (Wildman–Crippen LogP) is 1.33. The largest absolute Gasteiger partial charge is 0.498 e. The Morgan fingerprint density at radius 3 is 2.95 bits per heavy atom. The van der Waals surface area contributed by atoms with Crippen LogP contribution in [0.5, 0.6) is 5.75 Å². The fourth-order valence-corrected chi connectivity index (χ4v) is 2.94. The summed E-state index contributed by atoms with van der Waals surface area (Å²) in [5.41, 5.74) is 9.35. The highest BCUT2D eigenvalue weighted by Crippen LogP contribution is 2.37. The van der Waals surface area contributed by atoms with E-state index in [-0.39, 0.29) is 13.2 Å². The first-order valence-electron chi connectivity index (χ1n) is 6.99. The number of hydrogen-bond donors (Lipinski definition) is 1. The third-order valence-corrected chi connectivity index (χ3v) is 3.79. The van der Waals surface area contributed by atoms with Gasteiger partial charge in [0.1, 0.15) is 12.4 Å². The Kier molecular flexibility index (Phi) is 3.52. The number of rotatable bonds is 3. The van der Waals surface area contributed by atoms with Crippen LogP contribution in [0, 0.1) is 0 Å². The van der Waals surface area contributed by atoms with E-state index in [1.165, 1.54) is 11.1 Å². The van der Waals surface area contributed by atoms with Crippen LogP contribution in [-0.4, -0.2) is 26.9 Å². The molecule has 3 rings (SSSR count). The Bertz CT molecular complexity index is 478. The van der Waals surface area contributed by atoms with Gasteiger partial charge in [0.25, 0.3) is 0 Å². The van der Waals surface area contributed by atoms with Crippen molar-refractivity contribution in [3.8, 4) is 5.75 Å². The van der Waals surface area contributed by atoms with Crippen molar-refractivity contribution in [3.63, 3.8) is 0 Å². The van der Waals surface area contributed by atoms with E-state index in [1.54, 1.807) is 0 Å². The predicted molar refractivity (Wildman–Crippen MR) is 74.9 cm³/mol. The summed E-state index contributed by atoms with van der Waals surface area (Å²) in [7, 11) is -0.289. The quantitative estimate of drug-likeness (QED) is 0.834. The maximum absolute atomic E-state index is 6.04. The van der Waals surface area contributed by atoms with Gasteiger partial charge in [-0.15, -0.1) is 0 Å². The van der Waals surface area contributed by atoms with Gasteiger partial charge in [0.15, 0.2) is 0 Å². The molecule has 0 saturated heterocycles. The van der Waals surface area contributed by atoms with Crippen molar-refractivity contribution in [2.24, 2.45) is 5.73 Å². The molecule has 1 aromatic carbocycles. The summed E-state index contributed by atoms with van der Waals surface area (Å²) in [4.78, 5) is 0. The van der Waals surface area contributed by atoms with E-state index in [0.29, 0.717) is 25.7 Å². The molecule has 0 amide bonds. The van der Waals surface area contributed by atoms with Crippen LogP contribution in [0.3, 0.4) is 0 Å². The molecule has 1 atom stereocenters. The second-order valence-electron chi connectivity index (χ2n) is 5.39. The molecule has 0 bridgehead atoms. The number of ether oxygens (including phenoxy) is 1. The van der Waals surface area contributed by atoms with E-state index in [9.17, 15) is 0 Å². The summed E-state index contributed by atoms with van der Waals surface area (Å²) in [6, 6.07) is 4.20. The second kappa shape index (κ2) is 5.15. The smallest absolute Gasteiger partial charge is 0.492 e. The lowest BCUT2D eigenvalue weighted by atomic mass is 9.75. The van der Waals surface area contributed by atoms with Crippen molar-refractivity contribution in [3.05, 3.63) is 23.3 Å². The van der Waals surface area contributed by atoms with Gasteiger partial charge < -0.3 is 19.8 Å². The number of hydrogen-bond acceptors (Lipinski definition) is 4. The summed E-state index contributed by atoms with van der Waals surface area (Å²) < 4.78 is 17.6. The molecule has 0 spiro atoms. The molecule has 19 heavy (non-hydrogen) atoms. The van der Waals surface area contributed by atoms with E-state index in [0.717, 1.165) is 17.6 Å². The molecule has 1 aromatic rings. The zero-order chi connectivity index (χ0) is 13.4. The standard InChI is InChI=1S/C14H20BNO3/c1-9(2)10-3-4-12-14-13(10)11(5-6-16)19-15(14)18-8-7-17-12/h3-4,9,11H,5-8,16H2,1-2H3/t11-/m1/s1. The van der Waals surface area contributed by atoms with Gasteiger partial charge >= 0.3 is 7.12 Å². The summed E-state index contributed by atoms with van der Waals surface area (Å²) in [6.07, 6.45) is 0.847. The molecule has 0 aromatic heterocycles. The minimum absolute atomic E-state index is 0.0315. The van der Waals surface area contributed by atoms with Crippen LogP contribution in [0.1, 0.15) is 43.4 Å². The topological polar surface area (TPSA) is 53.7 Å². The highest BCUT2D eigenvalue weighted by molar-refractivity contribution is 6.64. The van der Waals surface area contributed by atoms with Crippen molar-refractivity contribution in [2.45, 2.75) is 32.3 Å². The third kappa shape index (κ3) is 2.16. The van der Waals surface area contributed by atoms with E-state index in [1.807, 2.05) is 6.07 Å². The highest BCUT2D eigenvalue weighted by atomic mass is 16.6. The Labute approximate surface area is 114 Å². The molecule has 0 radical (unpaired) electrons. The Morgan fingerprint density at radius 1 is 1.37 bits per heavy atom. The first-order valence-corrected chi connectivity index (χ1v) is 6.99. The van der Waals surface area contributed by atoms with Gasteiger partial charge in [0.2, 0.25) is 0 Å².